The number of rotatable bonds is 6. The molecule has 0 fully saturated rings. The van der Waals surface area contributed by atoms with E-state index in [1.807, 2.05) is 0 Å². The van der Waals surface area contributed by atoms with Crippen molar-refractivity contribution in [2.24, 2.45) is 12.8 Å². The van der Waals surface area contributed by atoms with Gasteiger partial charge in [-0.05, 0) is 30.7 Å². The Morgan fingerprint density at radius 2 is 1.97 bits per heavy atom. The first-order valence-electron chi connectivity index (χ1n) is 9.55. The Morgan fingerprint density at radius 1 is 1.18 bits per heavy atom. The highest BCUT2D eigenvalue weighted by atomic mass is 19.4. The first kappa shape index (κ1) is 22.0. The van der Waals surface area contributed by atoms with Gasteiger partial charge in [-0.2, -0.15) is 23.3 Å². The zero-order chi connectivity index (χ0) is 23.8. The van der Waals surface area contributed by atoms with Crippen LogP contribution in [-0.4, -0.2) is 30.8 Å². The Balaban J connectivity index is 1.55. The highest BCUT2D eigenvalue weighted by molar-refractivity contribution is 5.93. The number of ether oxygens (including phenoxy) is 1. The van der Waals surface area contributed by atoms with Crippen LogP contribution in [0.4, 0.5) is 13.2 Å². The molecule has 0 aliphatic carbocycles. The van der Waals surface area contributed by atoms with E-state index in [1.165, 1.54) is 10.9 Å². The topological polar surface area (TPSA) is 122 Å². The third-order valence-corrected chi connectivity index (χ3v) is 4.89. The van der Waals surface area contributed by atoms with E-state index in [4.69, 9.17) is 15.0 Å². The number of halogens is 3. The maximum atomic E-state index is 12.7. The highest BCUT2D eigenvalue weighted by Crippen LogP contribution is 2.30. The smallest absolute Gasteiger partial charge is 0.417 e. The molecule has 0 unspecified atom stereocenters. The fourth-order valence-corrected chi connectivity index (χ4v) is 3.10. The number of carbonyl (C=O) groups is 1. The lowest BCUT2D eigenvalue weighted by atomic mass is 10.0. The number of pyridine rings is 1. The highest BCUT2D eigenvalue weighted by Gasteiger charge is 2.30. The van der Waals surface area contributed by atoms with Crippen LogP contribution in [0.25, 0.3) is 22.8 Å². The van der Waals surface area contributed by atoms with Crippen LogP contribution < -0.4 is 10.5 Å². The van der Waals surface area contributed by atoms with Gasteiger partial charge in [0.2, 0.25) is 17.6 Å². The molecule has 3 aromatic heterocycles. The Kier molecular flexibility index (Phi) is 5.58. The third kappa shape index (κ3) is 4.54. The molecule has 0 aliphatic heterocycles. The van der Waals surface area contributed by atoms with Crippen molar-refractivity contribution in [3.05, 3.63) is 65.1 Å². The molecule has 0 radical (unpaired) electrons. The molecular weight excluding hydrogens is 441 g/mol. The number of primary amides is 1. The van der Waals surface area contributed by atoms with E-state index >= 15 is 0 Å². The lowest BCUT2D eigenvalue weighted by molar-refractivity contribution is -0.137. The van der Waals surface area contributed by atoms with Gasteiger partial charge in [-0.25, -0.2) is 4.98 Å². The summed E-state index contributed by atoms with van der Waals surface area (Å²) in [6.45, 7) is 1.74. The van der Waals surface area contributed by atoms with Crippen LogP contribution in [0, 0.1) is 6.92 Å². The number of alkyl halides is 3. The van der Waals surface area contributed by atoms with Crippen molar-refractivity contribution in [1.82, 2.24) is 24.9 Å². The van der Waals surface area contributed by atoms with Crippen molar-refractivity contribution in [1.29, 1.82) is 0 Å². The first-order chi connectivity index (χ1) is 15.6. The molecule has 1 amide bonds. The fraction of sp³-hybridized carbons (Fsp3) is 0.190. The maximum Gasteiger partial charge on any atom is 0.417 e. The zero-order valence-electron chi connectivity index (χ0n) is 17.4. The summed E-state index contributed by atoms with van der Waals surface area (Å²) >= 11 is 0. The molecule has 0 saturated heterocycles. The molecule has 12 heteroatoms. The minimum absolute atomic E-state index is 0.0199. The van der Waals surface area contributed by atoms with Crippen molar-refractivity contribution in [2.75, 3.05) is 0 Å². The lowest BCUT2D eigenvalue weighted by Gasteiger charge is -2.09. The summed E-state index contributed by atoms with van der Waals surface area (Å²) in [6.07, 6.45) is -2.26. The summed E-state index contributed by atoms with van der Waals surface area (Å²) in [5, 5.41) is 8.17. The van der Waals surface area contributed by atoms with Gasteiger partial charge in [-0.1, -0.05) is 11.2 Å². The minimum atomic E-state index is -4.48. The molecule has 4 aromatic rings. The van der Waals surface area contributed by atoms with E-state index in [-0.39, 0.29) is 18.4 Å². The molecular formula is C21H17F3N6O3. The molecule has 0 spiro atoms. The van der Waals surface area contributed by atoms with Crippen LogP contribution in [0.5, 0.6) is 5.88 Å². The lowest BCUT2D eigenvalue weighted by Crippen LogP contribution is -2.11. The van der Waals surface area contributed by atoms with Gasteiger partial charge >= 0.3 is 6.18 Å². The number of aryl methyl sites for hydroxylation is 2. The number of carbonyl (C=O) groups excluding carboxylic acids is 1. The third-order valence-electron chi connectivity index (χ3n) is 4.89. The van der Waals surface area contributed by atoms with Gasteiger partial charge < -0.3 is 15.0 Å². The molecule has 3 heterocycles. The van der Waals surface area contributed by atoms with E-state index in [0.29, 0.717) is 34.4 Å². The van der Waals surface area contributed by atoms with Crippen molar-refractivity contribution >= 4 is 5.91 Å². The molecule has 170 valence electrons. The summed E-state index contributed by atoms with van der Waals surface area (Å²) < 4.78 is 50.5. The Labute approximate surface area is 185 Å². The van der Waals surface area contributed by atoms with E-state index < -0.39 is 17.6 Å². The summed E-state index contributed by atoms with van der Waals surface area (Å²) in [5.41, 5.74) is 7.24. The standard InChI is InChI=1S/C21H17F3N6O3/c1-11-7-12(18(25)31)3-5-14(11)19-28-20(33-29-19)15-9-27-30(2)16(15)10-32-17-6-4-13(8-26-17)21(22,23)24/h3-9H,10H2,1-2H3,(H2,25,31). The largest absolute Gasteiger partial charge is 0.471 e. The molecule has 0 atom stereocenters. The number of amides is 1. The Morgan fingerprint density at radius 3 is 2.61 bits per heavy atom. The zero-order valence-corrected chi connectivity index (χ0v) is 17.4. The van der Waals surface area contributed by atoms with Gasteiger partial charge in [0, 0.05) is 30.4 Å². The van der Waals surface area contributed by atoms with Gasteiger partial charge in [0.15, 0.2) is 0 Å². The van der Waals surface area contributed by atoms with Gasteiger partial charge in [-0.3, -0.25) is 9.48 Å². The number of benzene rings is 1. The van der Waals surface area contributed by atoms with Crippen molar-refractivity contribution in [2.45, 2.75) is 19.7 Å². The predicted octanol–water partition coefficient (Wildman–Crippen LogP) is 3.54. The Bertz CT molecular complexity index is 1310. The first-order valence-corrected chi connectivity index (χ1v) is 9.55. The normalized spacial score (nSPS) is 11.5. The predicted molar refractivity (Wildman–Crippen MR) is 109 cm³/mol. The van der Waals surface area contributed by atoms with Gasteiger partial charge in [-0.15, -0.1) is 0 Å². The van der Waals surface area contributed by atoms with Crippen molar-refractivity contribution in [3.63, 3.8) is 0 Å². The molecule has 2 N–H and O–H groups in total. The number of aromatic nitrogens is 5. The maximum absolute atomic E-state index is 12.7. The second-order valence-electron chi connectivity index (χ2n) is 7.12. The quantitative estimate of drug-likeness (QED) is 0.469. The molecule has 0 saturated carbocycles. The van der Waals surface area contributed by atoms with E-state index in [2.05, 4.69) is 20.2 Å². The van der Waals surface area contributed by atoms with Crippen LogP contribution in [0.2, 0.25) is 0 Å². The van der Waals surface area contributed by atoms with Crippen LogP contribution in [0.15, 0.2) is 47.2 Å². The monoisotopic (exact) mass is 458 g/mol. The van der Waals surface area contributed by atoms with Crippen LogP contribution in [0.3, 0.4) is 0 Å². The number of hydrogen-bond acceptors (Lipinski definition) is 7. The van der Waals surface area contributed by atoms with Crippen molar-refractivity contribution in [3.8, 4) is 28.7 Å². The SMILES string of the molecule is Cc1cc(C(N)=O)ccc1-c1noc(-c2cnn(C)c2COc2ccc(C(F)(F)F)cn2)n1. The van der Waals surface area contributed by atoms with E-state index in [1.54, 1.807) is 32.2 Å². The average Bonchev–Trinajstić information content (AvgIpc) is 3.38. The van der Waals surface area contributed by atoms with Gasteiger partial charge in [0.05, 0.1) is 23.0 Å². The number of hydrogen-bond donors (Lipinski definition) is 1. The molecule has 1 aromatic carbocycles. The van der Waals surface area contributed by atoms with Crippen molar-refractivity contribution < 1.29 is 27.2 Å². The van der Waals surface area contributed by atoms with Crippen LogP contribution in [-0.2, 0) is 19.8 Å². The van der Waals surface area contributed by atoms with E-state index in [0.717, 1.165) is 17.7 Å². The molecule has 0 bridgehead atoms. The summed E-state index contributed by atoms with van der Waals surface area (Å²) in [6, 6.07) is 6.91. The van der Waals surface area contributed by atoms with Crippen LogP contribution >= 0.6 is 0 Å². The second kappa shape index (κ2) is 8.37. The fourth-order valence-electron chi connectivity index (χ4n) is 3.10. The van der Waals surface area contributed by atoms with Gasteiger partial charge in [0.25, 0.3) is 5.89 Å². The summed E-state index contributed by atoms with van der Waals surface area (Å²) in [5.74, 6) is -0.0402. The van der Waals surface area contributed by atoms with Crippen LogP contribution in [0.1, 0.15) is 27.2 Å². The molecule has 4 rings (SSSR count). The van der Waals surface area contributed by atoms with E-state index in [9.17, 15) is 18.0 Å². The second-order valence-corrected chi connectivity index (χ2v) is 7.12. The number of nitrogens with zero attached hydrogens (tertiary/aromatic N) is 5. The molecule has 0 aliphatic rings. The average molecular weight is 458 g/mol. The Hall–Kier alpha value is -4.22. The summed E-state index contributed by atoms with van der Waals surface area (Å²) in [4.78, 5) is 19.5. The minimum Gasteiger partial charge on any atom is -0.471 e. The van der Waals surface area contributed by atoms with Gasteiger partial charge in [0.1, 0.15) is 6.61 Å². The number of nitrogens with two attached hydrogens (primary N) is 1. The molecule has 33 heavy (non-hydrogen) atoms. The summed E-state index contributed by atoms with van der Waals surface area (Å²) in [7, 11) is 1.67. The molecule has 9 nitrogen and oxygen atoms in total.